The number of nitrogens with zero attached hydrogens (tertiary/aromatic N) is 2. The zero-order valence-electron chi connectivity index (χ0n) is 20.8. The minimum absolute atomic E-state index is 0.130. The third-order valence-corrected chi connectivity index (χ3v) is 6.66. The second-order valence-corrected chi connectivity index (χ2v) is 10.1. The van der Waals surface area contributed by atoms with Gasteiger partial charge in [-0.1, -0.05) is 79.0 Å². The van der Waals surface area contributed by atoms with Crippen LogP contribution in [0.3, 0.4) is 0 Å². The van der Waals surface area contributed by atoms with E-state index in [1.807, 2.05) is 75.5 Å². The zero-order valence-corrected chi connectivity index (χ0v) is 22.3. The lowest BCUT2D eigenvalue weighted by molar-refractivity contribution is -0.123. The first kappa shape index (κ1) is 26.5. The Labute approximate surface area is 226 Å². The van der Waals surface area contributed by atoms with E-state index in [0.29, 0.717) is 22.2 Å². The summed E-state index contributed by atoms with van der Waals surface area (Å²) in [5.74, 6) is -0.815. The van der Waals surface area contributed by atoms with Gasteiger partial charge in [-0.05, 0) is 48.7 Å². The van der Waals surface area contributed by atoms with Gasteiger partial charge in [0.25, 0.3) is 11.8 Å². The molecule has 0 bridgehead atoms. The van der Waals surface area contributed by atoms with Crippen molar-refractivity contribution in [3.05, 3.63) is 105 Å². The molecular formula is C29H28Cl2N4O2. The predicted octanol–water partition coefficient (Wildman–Crippen LogP) is 6.21. The molecule has 0 aliphatic rings. The normalized spacial score (nSPS) is 12.3. The number of nitrogens with one attached hydrogen (secondary N) is 2. The first-order valence-electron chi connectivity index (χ1n) is 11.9. The lowest BCUT2D eigenvalue weighted by atomic mass is 10.0. The third-order valence-electron chi connectivity index (χ3n) is 6.07. The first-order valence-corrected chi connectivity index (χ1v) is 12.7. The van der Waals surface area contributed by atoms with Gasteiger partial charge in [0.15, 0.2) is 0 Å². The quantitative estimate of drug-likeness (QED) is 0.208. The van der Waals surface area contributed by atoms with Crippen molar-refractivity contribution in [1.82, 2.24) is 15.3 Å². The maximum atomic E-state index is 12.9. The van der Waals surface area contributed by atoms with Crippen LogP contribution in [0.5, 0.6) is 0 Å². The van der Waals surface area contributed by atoms with Crippen molar-refractivity contribution < 1.29 is 9.59 Å². The molecule has 8 heteroatoms. The van der Waals surface area contributed by atoms with Crippen molar-refractivity contribution >= 4 is 52.1 Å². The standard InChI is InChI=1S/C29H28Cl2N4O2/c1-18(2)27(33-28(36)20-8-6-7-19(3)13-20)29(37)34-32-15-22-17-35(26-10-5-4-9-24(22)26)16-21-11-12-23(30)14-25(21)31/h4-15,17-18,27H,16H2,1-3H3,(H,33,36)(H,34,37). The SMILES string of the molecule is Cc1cccc(C(=O)NC(C(=O)NN=Cc2cn(Cc3ccc(Cl)cc3Cl)c3ccccc23)C(C)C)c1. The molecule has 4 aromatic rings. The monoisotopic (exact) mass is 534 g/mol. The molecule has 2 amide bonds. The van der Waals surface area contributed by atoms with Gasteiger partial charge in [-0.2, -0.15) is 5.10 Å². The Morgan fingerprint density at radius 3 is 2.54 bits per heavy atom. The van der Waals surface area contributed by atoms with Crippen LogP contribution < -0.4 is 10.7 Å². The Bertz CT molecular complexity index is 1480. The minimum atomic E-state index is -0.737. The van der Waals surface area contributed by atoms with Gasteiger partial charge >= 0.3 is 0 Å². The summed E-state index contributed by atoms with van der Waals surface area (Å²) in [7, 11) is 0. The molecule has 1 unspecified atom stereocenters. The lowest BCUT2D eigenvalue weighted by Gasteiger charge is -2.20. The highest BCUT2D eigenvalue weighted by molar-refractivity contribution is 6.35. The van der Waals surface area contributed by atoms with Crippen molar-refractivity contribution in [3.8, 4) is 0 Å². The number of hydrogen-bond donors (Lipinski definition) is 2. The molecule has 4 rings (SSSR count). The highest BCUT2D eigenvalue weighted by atomic mass is 35.5. The molecule has 0 saturated carbocycles. The van der Waals surface area contributed by atoms with E-state index < -0.39 is 6.04 Å². The fraction of sp³-hybridized carbons (Fsp3) is 0.207. The number of para-hydroxylation sites is 1. The molecule has 0 aliphatic heterocycles. The van der Waals surface area contributed by atoms with Crippen LogP contribution in [0.2, 0.25) is 10.0 Å². The van der Waals surface area contributed by atoms with E-state index in [-0.39, 0.29) is 17.7 Å². The largest absolute Gasteiger partial charge is 0.342 e. The predicted molar refractivity (Wildman–Crippen MR) is 151 cm³/mol. The highest BCUT2D eigenvalue weighted by Gasteiger charge is 2.24. The Kier molecular flexibility index (Phi) is 8.31. The van der Waals surface area contributed by atoms with Crippen LogP contribution in [0.25, 0.3) is 10.9 Å². The van der Waals surface area contributed by atoms with Crippen LogP contribution in [-0.2, 0) is 11.3 Å². The number of aryl methyl sites for hydroxylation is 1. The van der Waals surface area contributed by atoms with E-state index in [2.05, 4.69) is 20.4 Å². The van der Waals surface area contributed by atoms with Crippen molar-refractivity contribution in [2.45, 2.75) is 33.4 Å². The molecule has 0 spiro atoms. The van der Waals surface area contributed by atoms with E-state index in [1.54, 1.807) is 24.4 Å². The molecule has 1 atom stereocenters. The number of hydrazone groups is 1. The smallest absolute Gasteiger partial charge is 0.262 e. The summed E-state index contributed by atoms with van der Waals surface area (Å²) >= 11 is 12.4. The van der Waals surface area contributed by atoms with Crippen LogP contribution in [0, 0.1) is 12.8 Å². The maximum absolute atomic E-state index is 12.9. The Morgan fingerprint density at radius 2 is 1.81 bits per heavy atom. The van der Waals surface area contributed by atoms with Gasteiger partial charge < -0.3 is 9.88 Å². The molecule has 2 N–H and O–H groups in total. The highest BCUT2D eigenvalue weighted by Crippen LogP contribution is 2.25. The number of amides is 2. The van der Waals surface area contributed by atoms with Crippen LogP contribution in [-0.4, -0.2) is 28.6 Å². The van der Waals surface area contributed by atoms with Crippen molar-refractivity contribution in [3.63, 3.8) is 0 Å². The van der Waals surface area contributed by atoms with E-state index >= 15 is 0 Å². The number of fused-ring (bicyclic) bond motifs is 1. The van der Waals surface area contributed by atoms with Gasteiger partial charge in [0, 0.05) is 44.8 Å². The molecule has 0 radical (unpaired) electrons. The lowest BCUT2D eigenvalue weighted by Crippen LogP contribution is -2.48. The number of benzene rings is 3. The summed E-state index contributed by atoms with van der Waals surface area (Å²) in [5, 5.41) is 9.20. The summed E-state index contributed by atoms with van der Waals surface area (Å²) in [6.45, 7) is 6.22. The van der Waals surface area contributed by atoms with Crippen molar-refractivity contribution in [1.29, 1.82) is 0 Å². The molecular weight excluding hydrogens is 507 g/mol. The van der Waals surface area contributed by atoms with Gasteiger partial charge in [0.05, 0.1) is 6.21 Å². The molecule has 1 aromatic heterocycles. The number of carbonyl (C=O) groups excluding carboxylic acids is 2. The van der Waals surface area contributed by atoms with E-state index in [0.717, 1.165) is 27.6 Å². The van der Waals surface area contributed by atoms with Gasteiger partial charge in [-0.3, -0.25) is 9.59 Å². The van der Waals surface area contributed by atoms with Gasteiger partial charge in [0.1, 0.15) is 6.04 Å². The van der Waals surface area contributed by atoms with Crippen LogP contribution in [0.1, 0.15) is 40.9 Å². The second-order valence-electron chi connectivity index (χ2n) is 9.26. The fourth-order valence-corrected chi connectivity index (χ4v) is 4.59. The molecule has 0 fully saturated rings. The average molecular weight is 535 g/mol. The van der Waals surface area contributed by atoms with E-state index in [9.17, 15) is 9.59 Å². The Balaban J connectivity index is 1.50. The van der Waals surface area contributed by atoms with E-state index in [4.69, 9.17) is 23.2 Å². The molecule has 3 aromatic carbocycles. The van der Waals surface area contributed by atoms with Crippen LogP contribution in [0.4, 0.5) is 0 Å². The van der Waals surface area contributed by atoms with E-state index in [1.165, 1.54) is 0 Å². The van der Waals surface area contributed by atoms with Crippen LogP contribution >= 0.6 is 23.2 Å². The molecule has 1 heterocycles. The Morgan fingerprint density at radius 1 is 1.03 bits per heavy atom. The second kappa shape index (κ2) is 11.6. The Hall–Kier alpha value is -3.61. The van der Waals surface area contributed by atoms with Gasteiger partial charge in [0.2, 0.25) is 0 Å². The number of carbonyl (C=O) groups is 2. The molecule has 0 saturated heterocycles. The summed E-state index contributed by atoms with van der Waals surface area (Å²) < 4.78 is 2.08. The van der Waals surface area contributed by atoms with Crippen molar-refractivity contribution in [2.24, 2.45) is 11.0 Å². The first-order chi connectivity index (χ1) is 17.7. The summed E-state index contributed by atoms with van der Waals surface area (Å²) in [4.78, 5) is 25.6. The maximum Gasteiger partial charge on any atom is 0.262 e. The topological polar surface area (TPSA) is 75.5 Å². The molecule has 37 heavy (non-hydrogen) atoms. The van der Waals surface area contributed by atoms with Crippen LogP contribution in [0.15, 0.2) is 78.0 Å². The molecule has 0 aliphatic carbocycles. The fourth-order valence-electron chi connectivity index (χ4n) is 4.12. The summed E-state index contributed by atoms with van der Waals surface area (Å²) in [5.41, 5.74) is 6.86. The number of rotatable bonds is 8. The molecule has 6 nitrogen and oxygen atoms in total. The summed E-state index contributed by atoms with van der Waals surface area (Å²) in [6.07, 6.45) is 3.57. The average Bonchev–Trinajstić information content (AvgIpc) is 3.21. The minimum Gasteiger partial charge on any atom is -0.342 e. The number of hydrogen-bond acceptors (Lipinski definition) is 3. The summed E-state index contributed by atoms with van der Waals surface area (Å²) in [6, 6.07) is 19.9. The van der Waals surface area contributed by atoms with Gasteiger partial charge in [-0.15, -0.1) is 0 Å². The zero-order chi connectivity index (χ0) is 26.5. The number of aromatic nitrogens is 1. The van der Waals surface area contributed by atoms with Gasteiger partial charge in [-0.25, -0.2) is 5.43 Å². The number of halogens is 2. The molecule has 190 valence electrons. The third kappa shape index (κ3) is 6.40. The van der Waals surface area contributed by atoms with Crippen molar-refractivity contribution in [2.75, 3.05) is 0 Å².